The zero-order valence-corrected chi connectivity index (χ0v) is 10.9. The van der Waals surface area contributed by atoms with Crippen molar-refractivity contribution in [3.05, 3.63) is 0 Å². The highest BCUT2D eigenvalue weighted by Crippen LogP contribution is 2.31. The van der Waals surface area contributed by atoms with Crippen LogP contribution in [0, 0.1) is 0 Å². The molecule has 1 saturated heterocycles. The van der Waals surface area contributed by atoms with Crippen molar-refractivity contribution in [2.75, 3.05) is 20.1 Å². The van der Waals surface area contributed by atoms with Gasteiger partial charge in [0, 0.05) is 18.6 Å². The maximum Gasteiger partial charge on any atom is 0.242 e. The molecular weight excluding hydrogens is 188 g/mol. The van der Waals surface area contributed by atoms with E-state index in [2.05, 4.69) is 25.7 Å². The van der Waals surface area contributed by atoms with Crippen LogP contribution in [0.2, 0.25) is 0 Å². The van der Waals surface area contributed by atoms with Gasteiger partial charge in [-0.3, -0.25) is 9.69 Å². The Bertz CT molecular complexity index is 258. The summed E-state index contributed by atoms with van der Waals surface area (Å²) >= 11 is 0. The summed E-state index contributed by atoms with van der Waals surface area (Å²) < 4.78 is 0. The zero-order valence-electron chi connectivity index (χ0n) is 10.9. The van der Waals surface area contributed by atoms with Gasteiger partial charge < -0.3 is 4.90 Å². The van der Waals surface area contributed by atoms with E-state index in [1.807, 2.05) is 25.8 Å². The Morgan fingerprint density at radius 2 is 1.80 bits per heavy atom. The Hall–Kier alpha value is -0.570. The van der Waals surface area contributed by atoms with Crippen molar-refractivity contribution in [1.29, 1.82) is 0 Å². The molecule has 0 aromatic rings. The fourth-order valence-electron chi connectivity index (χ4n) is 2.38. The molecule has 1 aliphatic rings. The summed E-state index contributed by atoms with van der Waals surface area (Å²) in [5, 5.41) is 0. The molecule has 3 nitrogen and oxygen atoms in total. The van der Waals surface area contributed by atoms with E-state index in [9.17, 15) is 4.79 Å². The van der Waals surface area contributed by atoms with Gasteiger partial charge in [-0.2, -0.15) is 0 Å². The standard InChI is InChI=1S/C12H24N2O/c1-7-8-14-9-11(2,3)13(6)12(4,5)10(14)15/h7-9H2,1-6H3. The Morgan fingerprint density at radius 3 is 2.27 bits per heavy atom. The quantitative estimate of drug-likeness (QED) is 0.696. The van der Waals surface area contributed by atoms with Crippen LogP contribution in [0.25, 0.3) is 0 Å². The van der Waals surface area contributed by atoms with Crippen molar-refractivity contribution in [2.45, 2.75) is 52.1 Å². The molecule has 88 valence electrons. The van der Waals surface area contributed by atoms with Crippen LogP contribution in [0.1, 0.15) is 41.0 Å². The van der Waals surface area contributed by atoms with Crippen LogP contribution in [-0.2, 0) is 4.79 Å². The van der Waals surface area contributed by atoms with E-state index < -0.39 is 0 Å². The monoisotopic (exact) mass is 212 g/mol. The van der Waals surface area contributed by atoms with Gasteiger partial charge in [-0.25, -0.2) is 0 Å². The summed E-state index contributed by atoms with van der Waals surface area (Å²) in [6.45, 7) is 12.2. The van der Waals surface area contributed by atoms with Gasteiger partial charge in [0.25, 0.3) is 0 Å². The molecule has 0 spiro atoms. The van der Waals surface area contributed by atoms with Crippen LogP contribution in [-0.4, -0.2) is 46.9 Å². The maximum absolute atomic E-state index is 12.2. The number of rotatable bonds is 2. The largest absolute Gasteiger partial charge is 0.339 e. The lowest BCUT2D eigenvalue weighted by Crippen LogP contribution is -2.69. The Labute approximate surface area is 93.4 Å². The molecule has 0 aliphatic carbocycles. The van der Waals surface area contributed by atoms with Crippen LogP contribution in [0.4, 0.5) is 0 Å². The zero-order chi connectivity index (χ0) is 11.9. The van der Waals surface area contributed by atoms with Crippen LogP contribution < -0.4 is 0 Å². The fourth-order valence-corrected chi connectivity index (χ4v) is 2.38. The summed E-state index contributed by atoms with van der Waals surface area (Å²) in [7, 11) is 2.04. The predicted octanol–water partition coefficient (Wildman–Crippen LogP) is 1.73. The van der Waals surface area contributed by atoms with Gasteiger partial charge in [-0.15, -0.1) is 0 Å². The molecule has 0 bridgehead atoms. The van der Waals surface area contributed by atoms with Crippen LogP contribution >= 0.6 is 0 Å². The number of amides is 1. The fraction of sp³-hybridized carbons (Fsp3) is 0.917. The van der Waals surface area contributed by atoms with Crippen molar-refractivity contribution < 1.29 is 4.79 Å². The summed E-state index contributed by atoms with van der Waals surface area (Å²) in [4.78, 5) is 16.4. The first kappa shape index (κ1) is 12.5. The summed E-state index contributed by atoms with van der Waals surface area (Å²) in [6, 6.07) is 0. The topological polar surface area (TPSA) is 23.6 Å². The number of hydrogen-bond donors (Lipinski definition) is 0. The smallest absolute Gasteiger partial charge is 0.242 e. The first-order chi connectivity index (χ1) is 6.73. The van der Waals surface area contributed by atoms with Crippen molar-refractivity contribution in [2.24, 2.45) is 0 Å². The van der Waals surface area contributed by atoms with Gasteiger partial charge in [0.15, 0.2) is 0 Å². The van der Waals surface area contributed by atoms with Crippen LogP contribution in [0.15, 0.2) is 0 Å². The summed E-state index contributed by atoms with van der Waals surface area (Å²) in [5.74, 6) is 0.256. The second kappa shape index (κ2) is 3.78. The molecule has 1 aliphatic heterocycles. The third kappa shape index (κ3) is 2.03. The third-order valence-electron chi connectivity index (χ3n) is 3.63. The lowest BCUT2D eigenvalue weighted by molar-refractivity contribution is -0.157. The number of hydrogen-bond acceptors (Lipinski definition) is 2. The van der Waals surface area contributed by atoms with E-state index in [0.29, 0.717) is 0 Å². The highest BCUT2D eigenvalue weighted by Gasteiger charge is 2.47. The Kier molecular flexibility index (Phi) is 3.15. The molecule has 0 atom stereocenters. The number of likely N-dealkylation sites (N-methyl/N-ethyl adjacent to an activating group) is 1. The maximum atomic E-state index is 12.2. The van der Waals surface area contributed by atoms with E-state index in [4.69, 9.17) is 0 Å². The number of carbonyl (C=O) groups excluding carboxylic acids is 1. The Morgan fingerprint density at radius 1 is 1.27 bits per heavy atom. The second-order valence-corrected chi connectivity index (χ2v) is 5.66. The van der Waals surface area contributed by atoms with E-state index in [-0.39, 0.29) is 17.0 Å². The molecule has 1 rings (SSSR count). The van der Waals surface area contributed by atoms with E-state index >= 15 is 0 Å². The van der Waals surface area contributed by atoms with Crippen molar-refractivity contribution in [3.8, 4) is 0 Å². The molecule has 15 heavy (non-hydrogen) atoms. The minimum atomic E-state index is -0.378. The Balaban J connectivity index is 2.96. The number of carbonyl (C=O) groups is 1. The summed E-state index contributed by atoms with van der Waals surface area (Å²) in [6.07, 6.45) is 1.03. The van der Waals surface area contributed by atoms with E-state index in [1.165, 1.54) is 0 Å². The minimum Gasteiger partial charge on any atom is -0.339 e. The highest BCUT2D eigenvalue weighted by atomic mass is 16.2. The summed E-state index contributed by atoms with van der Waals surface area (Å²) in [5.41, 5.74) is -0.316. The van der Waals surface area contributed by atoms with Crippen LogP contribution in [0.5, 0.6) is 0 Å². The second-order valence-electron chi connectivity index (χ2n) is 5.66. The van der Waals surface area contributed by atoms with Crippen molar-refractivity contribution in [1.82, 2.24) is 9.80 Å². The molecular formula is C12H24N2O. The molecule has 0 aromatic carbocycles. The molecule has 1 fully saturated rings. The average molecular weight is 212 g/mol. The lowest BCUT2D eigenvalue weighted by atomic mass is 9.87. The molecule has 1 heterocycles. The van der Waals surface area contributed by atoms with Gasteiger partial charge in [-0.05, 0) is 41.2 Å². The minimum absolute atomic E-state index is 0.0621. The third-order valence-corrected chi connectivity index (χ3v) is 3.63. The van der Waals surface area contributed by atoms with Crippen molar-refractivity contribution in [3.63, 3.8) is 0 Å². The molecule has 0 saturated carbocycles. The van der Waals surface area contributed by atoms with Gasteiger partial charge in [0.05, 0.1) is 5.54 Å². The van der Waals surface area contributed by atoms with E-state index in [1.54, 1.807) is 0 Å². The molecule has 1 amide bonds. The van der Waals surface area contributed by atoms with Gasteiger partial charge in [0.2, 0.25) is 5.91 Å². The first-order valence-electron chi connectivity index (χ1n) is 5.77. The predicted molar refractivity (Wildman–Crippen MR) is 62.8 cm³/mol. The molecule has 0 aromatic heterocycles. The SMILES string of the molecule is CCCN1CC(C)(C)N(C)C(C)(C)C1=O. The molecule has 3 heteroatoms. The van der Waals surface area contributed by atoms with Gasteiger partial charge in [0.1, 0.15) is 0 Å². The normalized spacial score (nSPS) is 25.7. The molecule has 0 N–H and O–H groups in total. The van der Waals surface area contributed by atoms with Gasteiger partial charge >= 0.3 is 0 Å². The van der Waals surface area contributed by atoms with Crippen LogP contribution in [0.3, 0.4) is 0 Å². The molecule has 0 radical (unpaired) electrons. The first-order valence-corrected chi connectivity index (χ1v) is 5.77. The van der Waals surface area contributed by atoms with Crippen molar-refractivity contribution >= 4 is 5.91 Å². The van der Waals surface area contributed by atoms with E-state index in [0.717, 1.165) is 19.5 Å². The average Bonchev–Trinajstić information content (AvgIpc) is 2.12. The lowest BCUT2D eigenvalue weighted by Gasteiger charge is -2.53. The van der Waals surface area contributed by atoms with Gasteiger partial charge in [-0.1, -0.05) is 6.92 Å². The molecule has 0 unspecified atom stereocenters. The number of nitrogens with zero attached hydrogens (tertiary/aromatic N) is 2. The number of piperazine rings is 1. The highest BCUT2D eigenvalue weighted by molar-refractivity contribution is 5.86.